The quantitative estimate of drug-likeness (QED) is 0.0309. The summed E-state index contributed by atoms with van der Waals surface area (Å²) in [6, 6.07) is -1.01. The third kappa shape index (κ3) is 43.1. The zero-order chi connectivity index (χ0) is 44.5. The van der Waals surface area contributed by atoms with Crippen LogP contribution >= 0.6 is 0 Å². The molecule has 356 valence electrons. The number of carbonyl (C=O) groups excluding carboxylic acids is 1. The minimum absolute atomic E-state index is 0.355. The van der Waals surface area contributed by atoms with Crippen LogP contribution in [0.1, 0.15) is 251 Å². The fourth-order valence-electron chi connectivity index (χ4n) is 7.83. The van der Waals surface area contributed by atoms with Crippen LogP contribution in [-0.2, 0) is 4.79 Å². The normalized spacial score (nSPS) is 14.4. The van der Waals surface area contributed by atoms with Crippen LogP contribution in [0.3, 0.4) is 0 Å². The van der Waals surface area contributed by atoms with E-state index in [-0.39, 0.29) is 0 Å². The van der Waals surface area contributed by atoms with E-state index in [0.29, 0.717) is 19.3 Å². The van der Waals surface area contributed by atoms with Gasteiger partial charge in [0.15, 0.2) is 0 Å². The van der Waals surface area contributed by atoms with Crippen LogP contribution in [0, 0.1) is 0 Å². The molecule has 0 saturated heterocycles. The van der Waals surface area contributed by atoms with Gasteiger partial charge in [0.2, 0.25) is 5.91 Å². The number of aliphatic hydroxyl groups is 4. The maximum absolute atomic E-state index is 12.6. The Bertz CT molecular complexity index is 1050. The molecule has 0 aliphatic rings. The van der Waals surface area contributed by atoms with Gasteiger partial charge >= 0.3 is 0 Å². The second-order valence-electron chi connectivity index (χ2n) is 17.8. The number of hydrogen-bond acceptors (Lipinski definition) is 5. The molecule has 0 fully saturated rings. The van der Waals surface area contributed by atoms with Crippen molar-refractivity contribution >= 4 is 5.91 Å². The van der Waals surface area contributed by atoms with E-state index in [1.54, 1.807) is 0 Å². The Morgan fingerprint density at radius 2 is 0.787 bits per heavy atom. The Morgan fingerprint density at radius 3 is 1.21 bits per heavy atom. The molecule has 4 unspecified atom stereocenters. The van der Waals surface area contributed by atoms with Crippen molar-refractivity contribution in [1.29, 1.82) is 0 Å². The van der Waals surface area contributed by atoms with E-state index in [0.717, 1.165) is 64.2 Å². The molecule has 0 aliphatic heterocycles. The average molecular weight is 856 g/mol. The van der Waals surface area contributed by atoms with Gasteiger partial charge in [0.1, 0.15) is 12.2 Å². The summed E-state index contributed by atoms with van der Waals surface area (Å²) in [6.45, 7) is 3.95. The molecular formula is C55H101NO5. The van der Waals surface area contributed by atoms with Crippen molar-refractivity contribution in [1.82, 2.24) is 5.32 Å². The summed E-state index contributed by atoms with van der Waals surface area (Å²) in [5.74, 6) is -0.601. The number of aliphatic hydroxyl groups excluding tert-OH is 4. The summed E-state index contributed by atoms with van der Waals surface area (Å²) in [5, 5.41) is 43.9. The third-order valence-electron chi connectivity index (χ3n) is 11.9. The lowest BCUT2D eigenvalue weighted by molar-refractivity contribution is -0.132. The molecular weight excluding hydrogens is 755 g/mol. The van der Waals surface area contributed by atoms with E-state index in [1.807, 2.05) is 0 Å². The zero-order valence-electron chi connectivity index (χ0n) is 40.2. The number of rotatable bonds is 47. The van der Waals surface area contributed by atoms with Gasteiger partial charge in [-0.1, -0.05) is 222 Å². The molecule has 0 saturated carbocycles. The van der Waals surface area contributed by atoms with Crippen molar-refractivity contribution in [3.63, 3.8) is 0 Å². The van der Waals surface area contributed by atoms with E-state index in [2.05, 4.69) is 79.9 Å². The second-order valence-corrected chi connectivity index (χ2v) is 17.8. The lowest BCUT2D eigenvalue weighted by Crippen LogP contribution is -2.53. The summed E-state index contributed by atoms with van der Waals surface area (Å²) >= 11 is 0. The SMILES string of the molecule is CC/C=C\C/C=C\CCCCCCCCCCCCCCCC(O)C(=O)NC(CO)C(O)C(O)CCC/C=C/CC/C=C/CC/C=C/CCCCCCCCCCCCCC. The standard InChI is InChI=1S/C55H101NO5/c1-3-5-7-9-11-13-15-17-19-21-23-25-26-27-28-29-31-32-34-36-38-40-42-44-46-48-52(58)54(60)51(50-57)56-55(61)53(59)49-47-45-43-41-39-37-35-33-30-24-22-20-18-16-14-12-10-8-6-4-2/h6,8,12,14,27-28,32,34,40,42,51-54,57-60H,3-5,7,9-11,13,15-26,29-31,33,35-39,41,43-50H2,1-2H3,(H,56,61)/b8-6-,14-12-,28-27+,34-32+,42-40+. The van der Waals surface area contributed by atoms with E-state index in [4.69, 9.17) is 0 Å². The summed E-state index contributed by atoms with van der Waals surface area (Å²) in [6.07, 6.45) is 62.7. The fraction of sp³-hybridized carbons (Fsp3) is 0.800. The van der Waals surface area contributed by atoms with Gasteiger partial charge in [-0.05, 0) is 89.9 Å². The van der Waals surface area contributed by atoms with Crippen LogP contribution in [0.25, 0.3) is 0 Å². The first-order chi connectivity index (χ1) is 30.0. The molecule has 0 aliphatic carbocycles. The topological polar surface area (TPSA) is 110 Å². The first-order valence-electron chi connectivity index (χ1n) is 26.2. The molecule has 5 N–H and O–H groups in total. The highest BCUT2D eigenvalue weighted by Crippen LogP contribution is 2.16. The van der Waals surface area contributed by atoms with Gasteiger partial charge in [0.25, 0.3) is 0 Å². The maximum atomic E-state index is 12.6. The molecule has 6 nitrogen and oxygen atoms in total. The van der Waals surface area contributed by atoms with Crippen LogP contribution in [0.15, 0.2) is 60.8 Å². The molecule has 4 atom stereocenters. The molecule has 6 heteroatoms. The minimum Gasteiger partial charge on any atom is -0.394 e. The zero-order valence-corrected chi connectivity index (χ0v) is 40.2. The lowest BCUT2D eigenvalue weighted by atomic mass is 10.00. The Labute approximate surface area is 378 Å². The monoisotopic (exact) mass is 856 g/mol. The first kappa shape index (κ1) is 59.0. The van der Waals surface area contributed by atoms with Crippen LogP contribution in [-0.4, -0.2) is 57.3 Å². The average Bonchev–Trinajstić information content (AvgIpc) is 3.26. The van der Waals surface area contributed by atoms with Crippen molar-refractivity contribution in [2.24, 2.45) is 0 Å². The van der Waals surface area contributed by atoms with E-state index in [9.17, 15) is 25.2 Å². The van der Waals surface area contributed by atoms with Crippen LogP contribution < -0.4 is 5.32 Å². The summed E-state index contributed by atoms with van der Waals surface area (Å²) in [7, 11) is 0. The van der Waals surface area contributed by atoms with Crippen molar-refractivity contribution in [3.8, 4) is 0 Å². The Morgan fingerprint density at radius 1 is 0.426 bits per heavy atom. The van der Waals surface area contributed by atoms with Crippen molar-refractivity contribution in [2.75, 3.05) is 6.61 Å². The number of unbranched alkanes of at least 4 members (excludes halogenated alkanes) is 28. The molecule has 0 bridgehead atoms. The number of hydrogen-bond donors (Lipinski definition) is 5. The molecule has 0 aromatic carbocycles. The maximum Gasteiger partial charge on any atom is 0.249 e. The van der Waals surface area contributed by atoms with Gasteiger partial charge in [-0.25, -0.2) is 0 Å². The molecule has 0 aromatic rings. The van der Waals surface area contributed by atoms with Gasteiger partial charge in [0.05, 0.1) is 18.8 Å². The largest absolute Gasteiger partial charge is 0.394 e. The Balaban J connectivity index is 3.75. The number of nitrogens with one attached hydrogen (secondary N) is 1. The third-order valence-corrected chi connectivity index (χ3v) is 11.9. The van der Waals surface area contributed by atoms with Crippen molar-refractivity contribution in [2.45, 2.75) is 276 Å². The lowest BCUT2D eigenvalue weighted by Gasteiger charge is -2.27. The second kappa shape index (κ2) is 49.0. The van der Waals surface area contributed by atoms with Gasteiger partial charge in [-0.15, -0.1) is 0 Å². The molecule has 0 rings (SSSR count). The number of allylic oxidation sites excluding steroid dienone is 10. The summed E-state index contributed by atoms with van der Waals surface area (Å²) < 4.78 is 0. The Hall–Kier alpha value is -1.99. The van der Waals surface area contributed by atoms with Crippen molar-refractivity contribution < 1.29 is 25.2 Å². The molecule has 0 aromatic heterocycles. The van der Waals surface area contributed by atoms with E-state index in [1.165, 1.54) is 154 Å². The first-order valence-corrected chi connectivity index (χ1v) is 26.2. The highest BCUT2D eigenvalue weighted by atomic mass is 16.3. The Kier molecular flexibility index (Phi) is 47.4. The highest BCUT2D eigenvalue weighted by molar-refractivity contribution is 5.80. The number of amides is 1. The summed E-state index contributed by atoms with van der Waals surface area (Å²) in [5.41, 5.74) is 0. The van der Waals surface area contributed by atoms with Crippen LogP contribution in [0.5, 0.6) is 0 Å². The van der Waals surface area contributed by atoms with Crippen molar-refractivity contribution in [3.05, 3.63) is 60.8 Å². The molecule has 0 heterocycles. The molecule has 61 heavy (non-hydrogen) atoms. The van der Waals surface area contributed by atoms with Gasteiger partial charge in [0, 0.05) is 0 Å². The van der Waals surface area contributed by atoms with E-state index >= 15 is 0 Å². The van der Waals surface area contributed by atoms with E-state index < -0.39 is 36.9 Å². The number of carbonyl (C=O) groups is 1. The predicted octanol–water partition coefficient (Wildman–Crippen LogP) is 14.8. The summed E-state index contributed by atoms with van der Waals surface area (Å²) in [4.78, 5) is 12.6. The van der Waals surface area contributed by atoms with Gasteiger partial charge < -0.3 is 25.7 Å². The van der Waals surface area contributed by atoms with Crippen LogP contribution in [0.4, 0.5) is 0 Å². The van der Waals surface area contributed by atoms with Gasteiger partial charge in [-0.2, -0.15) is 0 Å². The molecule has 1 amide bonds. The van der Waals surface area contributed by atoms with Crippen LogP contribution in [0.2, 0.25) is 0 Å². The van der Waals surface area contributed by atoms with Gasteiger partial charge in [-0.3, -0.25) is 4.79 Å². The molecule has 0 radical (unpaired) electrons. The molecule has 0 spiro atoms. The highest BCUT2D eigenvalue weighted by Gasteiger charge is 2.28. The fourth-order valence-corrected chi connectivity index (χ4v) is 7.83. The smallest absolute Gasteiger partial charge is 0.249 e. The predicted molar refractivity (Wildman–Crippen MR) is 265 cm³/mol. The minimum atomic E-state index is -1.30.